The van der Waals surface area contributed by atoms with E-state index in [4.69, 9.17) is 4.85 Å². The van der Waals surface area contributed by atoms with Gasteiger partial charge in [-0.05, 0) is 0 Å². The number of nitrogens with zero attached hydrogens (tertiary/aromatic N) is 2. The topological polar surface area (TPSA) is 41.8 Å². The van der Waals surface area contributed by atoms with Crippen LogP contribution in [0.15, 0.2) is 131 Å². The zero-order valence-corrected chi connectivity index (χ0v) is 17.3. The Labute approximate surface area is 176 Å². The highest BCUT2D eigenvalue weighted by atomic mass is 31.2. The third-order valence-corrected chi connectivity index (χ3v) is 8.35. The van der Waals surface area contributed by atoms with E-state index < -0.39 is 7.05 Å². The van der Waals surface area contributed by atoms with Crippen molar-refractivity contribution in [3.63, 3.8) is 0 Å². The number of hydrogen-bond acceptors (Lipinski definition) is 2. The second-order valence-electron chi connectivity index (χ2n) is 6.70. The molecule has 0 fully saturated rings. The molecule has 0 aliphatic carbocycles. The fraction of sp³-hybridized carbons (Fsp3) is 0. The average molecular weight is 408 g/mol. The van der Waals surface area contributed by atoms with Crippen LogP contribution in [-0.4, -0.2) is 12.0 Å². The van der Waals surface area contributed by atoms with Crippen molar-refractivity contribution in [3.8, 4) is 0 Å². The molecule has 4 heteroatoms. The van der Waals surface area contributed by atoms with Crippen LogP contribution >= 0.6 is 7.05 Å². The van der Waals surface area contributed by atoms with Gasteiger partial charge in [0.05, 0.1) is 7.05 Å². The SMILES string of the molecule is O=CC(=NN=P(c1ccccc1)(c1ccccc1)c1ccccc1)c1ccccc1. The van der Waals surface area contributed by atoms with Gasteiger partial charge in [0.2, 0.25) is 0 Å². The highest BCUT2D eigenvalue weighted by Gasteiger charge is 2.27. The Morgan fingerprint density at radius 2 is 0.933 bits per heavy atom. The molecule has 0 N–H and O–H groups in total. The first-order valence-corrected chi connectivity index (χ1v) is 11.5. The summed E-state index contributed by atoms with van der Waals surface area (Å²) in [5.41, 5.74) is 1.08. The summed E-state index contributed by atoms with van der Waals surface area (Å²) in [6.07, 6.45) is 0.772. The van der Waals surface area contributed by atoms with Crippen molar-refractivity contribution in [3.05, 3.63) is 127 Å². The zero-order valence-electron chi connectivity index (χ0n) is 16.4. The maximum absolute atomic E-state index is 11.9. The van der Waals surface area contributed by atoms with Gasteiger partial charge in [0.1, 0.15) is 5.71 Å². The quantitative estimate of drug-likeness (QED) is 0.196. The molecule has 0 aromatic heterocycles. The lowest BCUT2D eigenvalue weighted by molar-refractivity contribution is -0.102. The van der Waals surface area contributed by atoms with Gasteiger partial charge in [0, 0.05) is 21.5 Å². The van der Waals surface area contributed by atoms with E-state index in [0.29, 0.717) is 5.71 Å². The van der Waals surface area contributed by atoms with Gasteiger partial charge in [0.25, 0.3) is 0 Å². The van der Waals surface area contributed by atoms with Gasteiger partial charge in [-0.1, -0.05) is 121 Å². The summed E-state index contributed by atoms with van der Waals surface area (Å²) in [5, 5.41) is 7.80. The molecule has 0 aliphatic rings. The summed E-state index contributed by atoms with van der Waals surface area (Å²) < 4.78 is 0. The van der Waals surface area contributed by atoms with Gasteiger partial charge >= 0.3 is 0 Å². The van der Waals surface area contributed by atoms with E-state index in [1.54, 1.807) is 0 Å². The monoisotopic (exact) mass is 408 g/mol. The Bertz CT molecular complexity index is 1090. The molecule has 4 aromatic rings. The van der Waals surface area contributed by atoms with Crippen molar-refractivity contribution >= 4 is 35.0 Å². The van der Waals surface area contributed by atoms with Crippen LogP contribution in [0.3, 0.4) is 0 Å². The predicted octanol–water partition coefficient (Wildman–Crippen LogP) is 4.77. The lowest BCUT2D eigenvalue weighted by Crippen LogP contribution is -2.25. The Balaban J connectivity index is 2.06. The van der Waals surface area contributed by atoms with Crippen molar-refractivity contribution in [2.45, 2.75) is 0 Å². The fourth-order valence-corrected chi connectivity index (χ4v) is 6.65. The Morgan fingerprint density at radius 3 is 1.30 bits per heavy atom. The smallest absolute Gasteiger partial charge is 0.170 e. The maximum Gasteiger partial charge on any atom is 0.170 e. The number of hydrogen-bond donors (Lipinski definition) is 0. The molecular weight excluding hydrogens is 387 g/mol. The van der Waals surface area contributed by atoms with Gasteiger partial charge in [0.15, 0.2) is 6.29 Å². The third kappa shape index (κ3) is 3.94. The highest BCUT2D eigenvalue weighted by Crippen LogP contribution is 2.46. The number of aldehydes is 1. The molecule has 0 aliphatic heterocycles. The van der Waals surface area contributed by atoms with Crippen LogP contribution in [0.5, 0.6) is 0 Å². The van der Waals surface area contributed by atoms with Crippen LogP contribution in [-0.2, 0) is 4.79 Å². The second kappa shape index (κ2) is 9.30. The van der Waals surface area contributed by atoms with Crippen molar-refractivity contribution < 1.29 is 4.79 Å². The van der Waals surface area contributed by atoms with Crippen molar-refractivity contribution in [2.75, 3.05) is 0 Å². The van der Waals surface area contributed by atoms with Crippen molar-refractivity contribution in [1.29, 1.82) is 0 Å². The van der Waals surface area contributed by atoms with Crippen LogP contribution in [0, 0.1) is 0 Å². The Kier molecular flexibility index (Phi) is 6.12. The molecule has 0 saturated carbocycles. The molecule has 4 rings (SSSR count). The second-order valence-corrected chi connectivity index (χ2v) is 9.70. The lowest BCUT2D eigenvalue weighted by atomic mass is 10.1. The minimum absolute atomic E-state index is 0.322. The third-order valence-electron chi connectivity index (χ3n) is 4.86. The predicted molar refractivity (Wildman–Crippen MR) is 127 cm³/mol. The molecule has 30 heavy (non-hydrogen) atoms. The first kappa shape index (κ1) is 19.8. The van der Waals surface area contributed by atoms with Crippen molar-refractivity contribution in [1.82, 2.24) is 0 Å². The summed E-state index contributed by atoms with van der Waals surface area (Å²) >= 11 is 0. The molecule has 0 unspecified atom stereocenters. The van der Waals surface area contributed by atoms with Crippen LogP contribution in [0.4, 0.5) is 0 Å². The number of carbonyl (C=O) groups excluding carboxylic acids is 1. The molecule has 0 amide bonds. The van der Waals surface area contributed by atoms with E-state index in [0.717, 1.165) is 27.8 Å². The zero-order chi connectivity index (χ0) is 20.7. The Hall–Kier alpha value is -3.55. The van der Waals surface area contributed by atoms with Crippen LogP contribution in [0.1, 0.15) is 5.56 Å². The normalized spacial score (nSPS) is 11.7. The highest BCUT2D eigenvalue weighted by molar-refractivity contribution is 7.87. The van der Waals surface area contributed by atoms with Gasteiger partial charge in [-0.2, -0.15) is 4.85 Å². The number of benzene rings is 4. The van der Waals surface area contributed by atoms with Gasteiger partial charge in [-0.15, -0.1) is 5.10 Å². The summed E-state index contributed by atoms with van der Waals surface area (Å²) in [7, 11) is -2.46. The van der Waals surface area contributed by atoms with E-state index in [1.165, 1.54) is 0 Å². The van der Waals surface area contributed by atoms with E-state index in [-0.39, 0.29) is 0 Å². The van der Waals surface area contributed by atoms with E-state index >= 15 is 0 Å². The molecule has 0 spiro atoms. The largest absolute Gasteiger partial charge is 0.296 e. The van der Waals surface area contributed by atoms with E-state index in [9.17, 15) is 4.79 Å². The minimum Gasteiger partial charge on any atom is -0.296 e. The molecule has 0 radical (unpaired) electrons. The average Bonchev–Trinajstić information content (AvgIpc) is 2.84. The summed E-state index contributed by atoms with van der Waals surface area (Å²) in [4.78, 5) is 16.8. The first-order chi connectivity index (χ1) is 14.8. The summed E-state index contributed by atoms with van der Waals surface area (Å²) in [6, 6.07) is 40.1. The fourth-order valence-electron chi connectivity index (χ4n) is 3.41. The number of rotatable bonds is 6. The lowest BCUT2D eigenvalue weighted by Gasteiger charge is -2.25. The van der Waals surface area contributed by atoms with E-state index in [2.05, 4.69) is 41.5 Å². The van der Waals surface area contributed by atoms with E-state index in [1.807, 2.05) is 84.9 Å². The number of carbonyl (C=O) groups is 1. The summed E-state index contributed by atoms with van der Waals surface area (Å²) in [6.45, 7) is 0. The molecule has 0 heterocycles. The molecule has 146 valence electrons. The molecule has 0 bridgehead atoms. The molecule has 0 saturated heterocycles. The first-order valence-electron chi connectivity index (χ1n) is 9.71. The van der Waals surface area contributed by atoms with Crippen LogP contribution in [0.25, 0.3) is 0 Å². The minimum atomic E-state index is -2.46. The standard InChI is InChI=1S/C26H21N2OP/c29-21-26(22-13-5-1-6-14-22)27-28-30(23-15-7-2-8-16-23,24-17-9-3-10-18-24)25-19-11-4-12-20-25/h1-21H. The van der Waals surface area contributed by atoms with Crippen molar-refractivity contribution in [2.24, 2.45) is 9.96 Å². The summed E-state index contributed by atoms with van der Waals surface area (Å²) in [5.74, 6) is 0. The molecule has 0 atom stereocenters. The maximum atomic E-state index is 11.9. The molecule has 4 aromatic carbocycles. The Morgan fingerprint density at radius 1 is 0.567 bits per heavy atom. The molecule has 3 nitrogen and oxygen atoms in total. The van der Waals surface area contributed by atoms with Crippen LogP contribution in [0.2, 0.25) is 0 Å². The van der Waals surface area contributed by atoms with Gasteiger partial charge in [-0.3, -0.25) is 4.79 Å². The molecular formula is C26H21N2OP. The van der Waals surface area contributed by atoms with Crippen LogP contribution < -0.4 is 15.9 Å². The van der Waals surface area contributed by atoms with Gasteiger partial charge < -0.3 is 0 Å². The van der Waals surface area contributed by atoms with Gasteiger partial charge in [-0.25, -0.2) is 0 Å².